The first kappa shape index (κ1) is 15.3. The number of aliphatic hydroxyl groups excluding tert-OH is 1. The normalized spacial score (nSPS) is 30.9. The predicted octanol–water partition coefficient (Wildman–Crippen LogP) is 3.24. The van der Waals surface area contributed by atoms with E-state index < -0.39 is 5.63 Å². The fourth-order valence-corrected chi connectivity index (χ4v) is 4.17. The van der Waals surface area contributed by atoms with Crippen molar-refractivity contribution in [1.82, 2.24) is 0 Å². The molecule has 1 saturated carbocycles. The standard InChI is InChI=1S/C18H24O4/c1-11-7-8-12-5-3-4-6-13(12)17(11)16-9-15(21-2)14(10-19)18(20)22-16/h7-9,11-13,17,19H,3-6,10H2,1-2H3/t11-,12-,13+,17-/m1/s1. The van der Waals surface area contributed by atoms with Gasteiger partial charge in [0.05, 0.1) is 13.7 Å². The van der Waals surface area contributed by atoms with E-state index in [1.54, 1.807) is 6.07 Å². The molecule has 4 nitrogen and oxygen atoms in total. The Balaban J connectivity index is 2.03. The summed E-state index contributed by atoms with van der Waals surface area (Å²) in [4.78, 5) is 12.1. The fourth-order valence-electron chi connectivity index (χ4n) is 4.17. The van der Waals surface area contributed by atoms with Crippen LogP contribution in [0.4, 0.5) is 0 Å². The van der Waals surface area contributed by atoms with Crippen LogP contribution < -0.4 is 10.4 Å². The third-order valence-electron chi connectivity index (χ3n) is 5.30. The average Bonchev–Trinajstić information content (AvgIpc) is 2.53. The molecule has 1 aromatic heterocycles. The van der Waals surface area contributed by atoms with Crippen LogP contribution in [0.15, 0.2) is 27.4 Å². The molecule has 1 aromatic rings. The van der Waals surface area contributed by atoms with Crippen LogP contribution in [0.25, 0.3) is 0 Å². The van der Waals surface area contributed by atoms with Crippen molar-refractivity contribution in [3.05, 3.63) is 40.0 Å². The number of hydrogen-bond acceptors (Lipinski definition) is 4. The van der Waals surface area contributed by atoms with Crippen molar-refractivity contribution in [3.63, 3.8) is 0 Å². The van der Waals surface area contributed by atoms with Crippen LogP contribution in [0, 0.1) is 17.8 Å². The van der Waals surface area contributed by atoms with Crippen LogP contribution in [0.3, 0.4) is 0 Å². The van der Waals surface area contributed by atoms with Crippen molar-refractivity contribution in [2.45, 2.75) is 45.1 Å². The minimum atomic E-state index is -0.481. The van der Waals surface area contributed by atoms with Gasteiger partial charge in [0.2, 0.25) is 0 Å². The van der Waals surface area contributed by atoms with E-state index in [9.17, 15) is 9.90 Å². The number of aliphatic hydroxyl groups is 1. The van der Waals surface area contributed by atoms with Crippen molar-refractivity contribution in [2.75, 3.05) is 7.11 Å². The Labute approximate surface area is 130 Å². The molecular weight excluding hydrogens is 280 g/mol. The summed E-state index contributed by atoms with van der Waals surface area (Å²) in [6.45, 7) is 1.82. The molecule has 1 fully saturated rings. The summed E-state index contributed by atoms with van der Waals surface area (Å²) in [5, 5.41) is 9.32. The molecule has 120 valence electrons. The number of methoxy groups -OCH3 is 1. The largest absolute Gasteiger partial charge is 0.496 e. The molecule has 0 unspecified atom stereocenters. The monoisotopic (exact) mass is 304 g/mol. The molecule has 22 heavy (non-hydrogen) atoms. The molecule has 3 rings (SSSR count). The molecule has 2 aliphatic rings. The molecule has 0 radical (unpaired) electrons. The van der Waals surface area contributed by atoms with Gasteiger partial charge in [0.25, 0.3) is 0 Å². The molecule has 0 spiro atoms. The van der Waals surface area contributed by atoms with E-state index >= 15 is 0 Å². The van der Waals surface area contributed by atoms with Gasteiger partial charge in [0.15, 0.2) is 0 Å². The van der Waals surface area contributed by atoms with Crippen molar-refractivity contribution < 1.29 is 14.3 Å². The Morgan fingerprint density at radius 2 is 2.09 bits per heavy atom. The molecule has 4 atom stereocenters. The lowest BCUT2D eigenvalue weighted by Gasteiger charge is -2.40. The molecule has 1 N–H and O–H groups in total. The molecular formula is C18H24O4. The summed E-state index contributed by atoms with van der Waals surface area (Å²) < 4.78 is 10.9. The van der Waals surface area contributed by atoms with Crippen LogP contribution in [-0.4, -0.2) is 12.2 Å². The highest BCUT2D eigenvalue weighted by molar-refractivity contribution is 5.33. The Morgan fingerprint density at radius 3 is 2.82 bits per heavy atom. The topological polar surface area (TPSA) is 59.7 Å². The molecule has 0 aliphatic heterocycles. The summed E-state index contributed by atoms with van der Waals surface area (Å²) in [6, 6.07) is 1.80. The number of rotatable bonds is 3. The van der Waals surface area contributed by atoms with Gasteiger partial charge < -0.3 is 14.3 Å². The first-order valence-corrected chi connectivity index (χ1v) is 8.15. The van der Waals surface area contributed by atoms with Gasteiger partial charge in [-0.1, -0.05) is 31.9 Å². The minimum Gasteiger partial charge on any atom is -0.496 e. The summed E-state index contributed by atoms with van der Waals surface area (Å²) in [5.74, 6) is 2.80. The van der Waals surface area contributed by atoms with Crippen molar-refractivity contribution in [1.29, 1.82) is 0 Å². The second-order valence-corrected chi connectivity index (χ2v) is 6.52. The van der Waals surface area contributed by atoms with E-state index in [2.05, 4.69) is 19.1 Å². The molecule has 4 heteroatoms. The van der Waals surface area contributed by atoms with E-state index in [0.29, 0.717) is 29.3 Å². The van der Waals surface area contributed by atoms with Gasteiger partial charge in [-0.2, -0.15) is 0 Å². The van der Waals surface area contributed by atoms with Gasteiger partial charge in [0, 0.05) is 12.0 Å². The second kappa shape index (κ2) is 6.29. The van der Waals surface area contributed by atoms with Crippen molar-refractivity contribution in [2.24, 2.45) is 17.8 Å². The zero-order chi connectivity index (χ0) is 15.7. The Morgan fingerprint density at radius 1 is 1.32 bits per heavy atom. The quantitative estimate of drug-likeness (QED) is 0.871. The number of fused-ring (bicyclic) bond motifs is 1. The lowest BCUT2D eigenvalue weighted by Crippen LogP contribution is -2.31. The Kier molecular flexibility index (Phi) is 4.39. The highest BCUT2D eigenvalue weighted by Gasteiger charge is 2.38. The maximum atomic E-state index is 12.1. The van der Waals surface area contributed by atoms with Gasteiger partial charge in [-0.05, 0) is 30.6 Å². The van der Waals surface area contributed by atoms with Crippen molar-refractivity contribution in [3.8, 4) is 5.75 Å². The molecule has 0 amide bonds. The lowest BCUT2D eigenvalue weighted by molar-refractivity contribution is 0.177. The molecule has 0 saturated heterocycles. The van der Waals surface area contributed by atoms with Crippen LogP contribution in [-0.2, 0) is 6.61 Å². The molecule has 0 bridgehead atoms. The highest BCUT2D eigenvalue weighted by atomic mass is 16.5. The third kappa shape index (κ3) is 2.60. The zero-order valence-corrected chi connectivity index (χ0v) is 13.2. The molecule has 0 aromatic carbocycles. The summed E-state index contributed by atoms with van der Waals surface area (Å²) in [5.41, 5.74) is -0.281. The van der Waals surface area contributed by atoms with Crippen LogP contribution >= 0.6 is 0 Å². The molecule has 2 aliphatic carbocycles. The molecule has 1 heterocycles. The summed E-state index contributed by atoms with van der Waals surface area (Å²) in [7, 11) is 1.52. The maximum absolute atomic E-state index is 12.1. The summed E-state index contributed by atoms with van der Waals surface area (Å²) >= 11 is 0. The van der Waals surface area contributed by atoms with E-state index in [0.717, 1.165) is 0 Å². The van der Waals surface area contributed by atoms with Gasteiger partial charge in [-0.3, -0.25) is 0 Å². The number of allylic oxidation sites excluding steroid dienone is 2. The van der Waals surface area contributed by atoms with Crippen LogP contribution in [0.2, 0.25) is 0 Å². The zero-order valence-electron chi connectivity index (χ0n) is 13.2. The van der Waals surface area contributed by atoms with E-state index in [-0.39, 0.29) is 18.1 Å². The summed E-state index contributed by atoms with van der Waals surface area (Å²) in [6.07, 6.45) is 9.53. The third-order valence-corrected chi connectivity index (χ3v) is 5.30. The average molecular weight is 304 g/mol. The van der Waals surface area contributed by atoms with E-state index in [4.69, 9.17) is 9.15 Å². The number of hydrogen-bond donors (Lipinski definition) is 1. The first-order valence-electron chi connectivity index (χ1n) is 8.15. The fraction of sp³-hybridized carbons (Fsp3) is 0.611. The highest BCUT2D eigenvalue weighted by Crippen LogP contribution is 2.48. The van der Waals surface area contributed by atoms with Gasteiger partial charge in [-0.25, -0.2) is 4.79 Å². The lowest BCUT2D eigenvalue weighted by atomic mass is 9.64. The van der Waals surface area contributed by atoms with E-state index in [1.165, 1.54) is 32.8 Å². The van der Waals surface area contributed by atoms with Gasteiger partial charge in [0.1, 0.15) is 17.1 Å². The van der Waals surface area contributed by atoms with Crippen molar-refractivity contribution >= 4 is 0 Å². The second-order valence-electron chi connectivity index (χ2n) is 6.52. The predicted molar refractivity (Wildman–Crippen MR) is 83.9 cm³/mol. The Hall–Kier alpha value is -1.55. The maximum Gasteiger partial charge on any atom is 0.345 e. The van der Waals surface area contributed by atoms with Crippen LogP contribution in [0.5, 0.6) is 5.75 Å². The Bertz CT molecular complexity index is 616. The number of ether oxygens (including phenoxy) is 1. The SMILES string of the molecule is COc1cc([C@H]2[C@H]3CCCC[C@@H]3C=C[C@H]2C)oc(=O)c1CO. The first-order chi connectivity index (χ1) is 10.7. The smallest absolute Gasteiger partial charge is 0.345 e. The minimum absolute atomic E-state index is 0.199. The van der Waals surface area contributed by atoms with Gasteiger partial charge in [-0.15, -0.1) is 0 Å². The van der Waals surface area contributed by atoms with Gasteiger partial charge >= 0.3 is 5.63 Å². The van der Waals surface area contributed by atoms with E-state index in [1.807, 2.05) is 0 Å². The van der Waals surface area contributed by atoms with Crippen LogP contribution in [0.1, 0.15) is 49.8 Å².